The SMILES string of the molecule is CN(C)CCOC(c1ccccc1)c1ccc(F)cc1. The highest BCUT2D eigenvalue weighted by Crippen LogP contribution is 2.25. The van der Waals surface area contributed by atoms with E-state index in [1.54, 1.807) is 12.1 Å². The lowest BCUT2D eigenvalue weighted by atomic mass is 10.0. The van der Waals surface area contributed by atoms with Crippen LogP contribution in [0.1, 0.15) is 17.2 Å². The molecule has 3 heteroatoms. The molecule has 0 amide bonds. The van der Waals surface area contributed by atoms with E-state index in [9.17, 15) is 4.39 Å². The van der Waals surface area contributed by atoms with Gasteiger partial charge in [0.15, 0.2) is 0 Å². The zero-order valence-electron chi connectivity index (χ0n) is 11.9. The van der Waals surface area contributed by atoms with E-state index < -0.39 is 0 Å². The van der Waals surface area contributed by atoms with Gasteiger partial charge in [-0.25, -0.2) is 4.39 Å². The van der Waals surface area contributed by atoms with Crippen LogP contribution in [0.3, 0.4) is 0 Å². The molecule has 0 radical (unpaired) electrons. The fourth-order valence-electron chi connectivity index (χ4n) is 2.00. The zero-order chi connectivity index (χ0) is 14.4. The molecule has 20 heavy (non-hydrogen) atoms. The molecule has 106 valence electrons. The van der Waals surface area contributed by atoms with Crippen molar-refractivity contribution in [2.24, 2.45) is 0 Å². The fraction of sp³-hybridized carbons (Fsp3) is 0.294. The van der Waals surface area contributed by atoms with Gasteiger partial charge in [0.05, 0.1) is 6.61 Å². The van der Waals surface area contributed by atoms with Crippen molar-refractivity contribution in [3.63, 3.8) is 0 Å². The Hall–Kier alpha value is -1.71. The van der Waals surface area contributed by atoms with E-state index in [-0.39, 0.29) is 11.9 Å². The first kappa shape index (κ1) is 14.7. The summed E-state index contributed by atoms with van der Waals surface area (Å²) in [6, 6.07) is 16.5. The van der Waals surface area contributed by atoms with Crippen molar-refractivity contribution in [1.29, 1.82) is 0 Å². The summed E-state index contributed by atoms with van der Waals surface area (Å²) < 4.78 is 19.1. The molecule has 0 fully saturated rings. The van der Waals surface area contributed by atoms with Crippen molar-refractivity contribution in [3.05, 3.63) is 71.5 Å². The molecule has 2 nitrogen and oxygen atoms in total. The van der Waals surface area contributed by atoms with E-state index in [4.69, 9.17) is 4.74 Å². The molecule has 0 heterocycles. The van der Waals surface area contributed by atoms with Crippen molar-refractivity contribution in [1.82, 2.24) is 4.90 Å². The van der Waals surface area contributed by atoms with Crippen LogP contribution in [0.5, 0.6) is 0 Å². The van der Waals surface area contributed by atoms with Gasteiger partial charge in [-0.15, -0.1) is 0 Å². The lowest BCUT2D eigenvalue weighted by molar-refractivity contribution is 0.0687. The van der Waals surface area contributed by atoms with Crippen LogP contribution in [-0.4, -0.2) is 32.1 Å². The standard InChI is InChI=1S/C17H20FNO/c1-19(2)12-13-20-17(14-6-4-3-5-7-14)15-8-10-16(18)11-9-15/h3-11,17H,12-13H2,1-2H3. The Balaban J connectivity index is 2.18. The number of hydrogen-bond acceptors (Lipinski definition) is 2. The van der Waals surface area contributed by atoms with Gasteiger partial charge in [-0.3, -0.25) is 0 Å². The van der Waals surface area contributed by atoms with Gasteiger partial charge in [-0.1, -0.05) is 42.5 Å². The predicted octanol–water partition coefficient (Wildman–Crippen LogP) is 3.49. The number of hydrogen-bond donors (Lipinski definition) is 0. The molecule has 1 atom stereocenters. The van der Waals surface area contributed by atoms with E-state index in [0.29, 0.717) is 6.61 Å². The first-order valence-electron chi connectivity index (χ1n) is 6.73. The maximum absolute atomic E-state index is 13.1. The summed E-state index contributed by atoms with van der Waals surface area (Å²) in [4.78, 5) is 2.08. The summed E-state index contributed by atoms with van der Waals surface area (Å²) in [5.74, 6) is -0.228. The van der Waals surface area contributed by atoms with E-state index in [2.05, 4.69) is 4.90 Å². The Bertz CT molecular complexity index is 510. The summed E-state index contributed by atoms with van der Waals surface area (Å²) in [5, 5.41) is 0. The third-order valence-electron chi connectivity index (χ3n) is 3.10. The second kappa shape index (κ2) is 7.17. The zero-order valence-corrected chi connectivity index (χ0v) is 11.9. The highest BCUT2D eigenvalue weighted by Gasteiger charge is 2.14. The van der Waals surface area contributed by atoms with Gasteiger partial charge < -0.3 is 9.64 Å². The molecule has 2 rings (SSSR count). The monoisotopic (exact) mass is 273 g/mol. The quantitative estimate of drug-likeness (QED) is 0.799. The number of rotatable bonds is 6. The molecular weight excluding hydrogens is 253 g/mol. The molecule has 2 aromatic rings. The molecular formula is C17H20FNO. The molecule has 0 spiro atoms. The van der Waals surface area contributed by atoms with Crippen LogP contribution in [0.15, 0.2) is 54.6 Å². The Kier molecular flexibility index (Phi) is 5.27. The van der Waals surface area contributed by atoms with Gasteiger partial charge in [0.2, 0.25) is 0 Å². The molecule has 1 unspecified atom stereocenters. The van der Waals surface area contributed by atoms with Crippen LogP contribution < -0.4 is 0 Å². The number of halogens is 1. The van der Waals surface area contributed by atoms with Gasteiger partial charge in [0, 0.05) is 6.54 Å². The van der Waals surface area contributed by atoms with Crippen LogP contribution in [0.25, 0.3) is 0 Å². The second-order valence-electron chi connectivity index (χ2n) is 5.02. The van der Waals surface area contributed by atoms with Gasteiger partial charge in [-0.05, 0) is 37.4 Å². The van der Waals surface area contributed by atoms with Crippen LogP contribution in [0, 0.1) is 5.82 Å². The summed E-state index contributed by atoms with van der Waals surface area (Å²) >= 11 is 0. The smallest absolute Gasteiger partial charge is 0.123 e. The van der Waals surface area contributed by atoms with Crippen molar-refractivity contribution < 1.29 is 9.13 Å². The molecule has 0 aliphatic heterocycles. The maximum atomic E-state index is 13.1. The van der Waals surface area contributed by atoms with Crippen LogP contribution in [-0.2, 0) is 4.74 Å². The Morgan fingerprint density at radius 2 is 1.55 bits per heavy atom. The largest absolute Gasteiger partial charge is 0.367 e. The first-order valence-corrected chi connectivity index (χ1v) is 6.73. The van der Waals surface area contributed by atoms with Crippen LogP contribution in [0.2, 0.25) is 0 Å². The molecule has 0 saturated heterocycles. The lowest BCUT2D eigenvalue weighted by Gasteiger charge is -2.20. The Morgan fingerprint density at radius 1 is 0.950 bits per heavy atom. The number of benzene rings is 2. The third kappa shape index (κ3) is 4.15. The molecule has 0 aliphatic carbocycles. The normalized spacial score (nSPS) is 12.6. The topological polar surface area (TPSA) is 12.5 Å². The molecule has 0 aromatic heterocycles. The highest BCUT2D eigenvalue weighted by molar-refractivity contribution is 5.30. The molecule has 0 N–H and O–H groups in total. The summed E-state index contributed by atoms with van der Waals surface area (Å²) in [5.41, 5.74) is 2.05. The minimum absolute atomic E-state index is 0.156. The lowest BCUT2D eigenvalue weighted by Crippen LogP contribution is -2.20. The summed E-state index contributed by atoms with van der Waals surface area (Å²) in [7, 11) is 4.03. The first-order chi connectivity index (χ1) is 9.66. The Labute approximate surface area is 119 Å². The minimum Gasteiger partial charge on any atom is -0.367 e. The number of ether oxygens (including phenoxy) is 1. The van der Waals surface area contributed by atoms with E-state index in [1.165, 1.54) is 12.1 Å². The van der Waals surface area contributed by atoms with Gasteiger partial charge in [-0.2, -0.15) is 0 Å². The van der Waals surface area contributed by atoms with Gasteiger partial charge in [0.1, 0.15) is 11.9 Å². The van der Waals surface area contributed by atoms with E-state index in [0.717, 1.165) is 17.7 Å². The average molecular weight is 273 g/mol. The molecule has 2 aromatic carbocycles. The Morgan fingerprint density at radius 3 is 2.15 bits per heavy atom. The number of likely N-dealkylation sites (N-methyl/N-ethyl adjacent to an activating group) is 1. The van der Waals surface area contributed by atoms with Gasteiger partial charge >= 0.3 is 0 Å². The van der Waals surface area contributed by atoms with Crippen molar-refractivity contribution in [2.45, 2.75) is 6.10 Å². The summed E-state index contributed by atoms with van der Waals surface area (Å²) in [6.45, 7) is 1.48. The molecule has 0 bridgehead atoms. The maximum Gasteiger partial charge on any atom is 0.123 e. The average Bonchev–Trinajstić information content (AvgIpc) is 2.46. The van der Waals surface area contributed by atoms with Crippen molar-refractivity contribution in [2.75, 3.05) is 27.2 Å². The minimum atomic E-state index is -0.228. The van der Waals surface area contributed by atoms with Gasteiger partial charge in [0.25, 0.3) is 0 Å². The van der Waals surface area contributed by atoms with Crippen molar-refractivity contribution >= 4 is 0 Å². The van der Waals surface area contributed by atoms with Crippen molar-refractivity contribution in [3.8, 4) is 0 Å². The second-order valence-corrected chi connectivity index (χ2v) is 5.02. The predicted molar refractivity (Wildman–Crippen MR) is 79.2 cm³/mol. The summed E-state index contributed by atoms with van der Waals surface area (Å²) in [6.07, 6.45) is -0.156. The fourth-order valence-corrected chi connectivity index (χ4v) is 2.00. The van der Waals surface area contributed by atoms with E-state index in [1.807, 2.05) is 44.4 Å². The number of nitrogens with zero attached hydrogens (tertiary/aromatic N) is 1. The van der Waals surface area contributed by atoms with Crippen LogP contribution >= 0.6 is 0 Å². The van der Waals surface area contributed by atoms with Crippen LogP contribution in [0.4, 0.5) is 4.39 Å². The third-order valence-corrected chi connectivity index (χ3v) is 3.10. The van der Waals surface area contributed by atoms with E-state index >= 15 is 0 Å². The molecule has 0 aliphatic rings. The highest BCUT2D eigenvalue weighted by atomic mass is 19.1. The molecule has 0 saturated carbocycles.